The summed E-state index contributed by atoms with van der Waals surface area (Å²) in [5.41, 5.74) is 2.68. The molecule has 6 heteroatoms. The van der Waals surface area contributed by atoms with Crippen molar-refractivity contribution in [2.75, 3.05) is 0 Å². The number of H-pyrrole nitrogens is 1. The fourth-order valence-corrected chi connectivity index (χ4v) is 3.28. The normalized spacial score (nSPS) is 11.7. The van der Waals surface area contributed by atoms with Crippen molar-refractivity contribution in [3.05, 3.63) is 58.7 Å². The van der Waals surface area contributed by atoms with E-state index in [1.165, 1.54) is 0 Å². The van der Waals surface area contributed by atoms with Crippen molar-refractivity contribution in [1.29, 1.82) is 0 Å². The lowest BCUT2D eigenvalue weighted by Crippen LogP contribution is -1.94. The number of aromatic carboxylic acids is 1. The summed E-state index contributed by atoms with van der Waals surface area (Å²) in [4.78, 5) is 15.5. The summed E-state index contributed by atoms with van der Waals surface area (Å²) < 4.78 is 1.14. The highest BCUT2D eigenvalue weighted by Crippen LogP contribution is 2.24. The van der Waals surface area contributed by atoms with Crippen molar-refractivity contribution in [1.82, 2.24) is 15.2 Å². The van der Waals surface area contributed by atoms with Crippen molar-refractivity contribution in [2.45, 2.75) is 0 Å². The molecule has 0 saturated carbocycles. The van der Waals surface area contributed by atoms with Crippen LogP contribution in [0.25, 0.3) is 33.3 Å². The number of fused-ring (bicyclic) bond motifs is 2. The van der Waals surface area contributed by atoms with Crippen LogP contribution < -0.4 is 0 Å². The summed E-state index contributed by atoms with van der Waals surface area (Å²) >= 11 is 1.62. The molecular formula is C17H11N3O2S. The minimum absolute atomic E-state index is 0.239. The van der Waals surface area contributed by atoms with Crippen LogP contribution in [0, 0.1) is 0 Å². The Bertz CT molecular complexity index is 1030. The molecule has 0 amide bonds. The summed E-state index contributed by atoms with van der Waals surface area (Å²) in [6, 6.07) is 12.9. The second-order valence-electron chi connectivity index (χ2n) is 5.03. The number of rotatable bonds is 3. The van der Waals surface area contributed by atoms with Crippen LogP contribution in [0.1, 0.15) is 21.1 Å². The molecule has 2 heterocycles. The monoisotopic (exact) mass is 321 g/mol. The van der Waals surface area contributed by atoms with E-state index in [-0.39, 0.29) is 5.56 Å². The number of nitrogens with zero attached hydrogens (tertiary/aromatic N) is 2. The first-order valence-electron chi connectivity index (χ1n) is 6.96. The average Bonchev–Trinajstić information content (AvgIpc) is 3.15. The molecule has 0 aliphatic carbocycles. The van der Waals surface area contributed by atoms with E-state index in [1.807, 2.05) is 36.4 Å². The van der Waals surface area contributed by atoms with Crippen molar-refractivity contribution >= 4 is 50.6 Å². The van der Waals surface area contributed by atoms with E-state index >= 15 is 0 Å². The van der Waals surface area contributed by atoms with Crippen LogP contribution in [0.4, 0.5) is 0 Å². The molecule has 0 bridgehead atoms. The molecule has 0 radical (unpaired) electrons. The molecule has 4 aromatic rings. The Kier molecular flexibility index (Phi) is 3.17. The van der Waals surface area contributed by atoms with Gasteiger partial charge in [-0.15, -0.1) is 11.3 Å². The number of thiazole rings is 1. The number of carboxylic acid groups (broad SMARTS) is 1. The Balaban J connectivity index is 1.70. The van der Waals surface area contributed by atoms with Gasteiger partial charge in [-0.25, -0.2) is 9.78 Å². The van der Waals surface area contributed by atoms with Gasteiger partial charge in [0.2, 0.25) is 0 Å². The molecule has 2 aromatic heterocycles. The molecule has 112 valence electrons. The molecule has 2 N–H and O–H groups in total. The molecular weight excluding hydrogens is 310 g/mol. The minimum Gasteiger partial charge on any atom is -0.478 e. The van der Waals surface area contributed by atoms with Gasteiger partial charge in [-0.05, 0) is 42.5 Å². The Hall–Kier alpha value is -2.99. The number of nitrogens with one attached hydrogen (secondary N) is 1. The number of carboxylic acids is 1. The van der Waals surface area contributed by atoms with Crippen LogP contribution in [0.3, 0.4) is 0 Å². The first-order chi connectivity index (χ1) is 11.2. The second-order valence-corrected chi connectivity index (χ2v) is 6.09. The molecule has 4 rings (SSSR count). The second kappa shape index (κ2) is 5.33. The van der Waals surface area contributed by atoms with Crippen molar-refractivity contribution in [3.8, 4) is 0 Å². The van der Waals surface area contributed by atoms with Gasteiger partial charge in [0.25, 0.3) is 0 Å². The zero-order valence-corrected chi connectivity index (χ0v) is 12.7. The number of carbonyl (C=O) groups is 1. The summed E-state index contributed by atoms with van der Waals surface area (Å²) in [6.45, 7) is 0. The Morgan fingerprint density at radius 3 is 2.87 bits per heavy atom. The van der Waals surface area contributed by atoms with Gasteiger partial charge in [-0.1, -0.05) is 12.1 Å². The van der Waals surface area contributed by atoms with Gasteiger partial charge in [0.1, 0.15) is 5.01 Å². The maximum absolute atomic E-state index is 11.0. The summed E-state index contributed by atoms with van der Waals surface area (Å²) in [5.74, 6) is -0.951. The van der Waals surface area contributed by atoms with Gasteiger partial charge in [-0.2, -0.15) is 5.10 Å². The largest absolute Gasteiger partial charge is 0.478 e. The zero-order valence-electron chi connectivity index (χ0n) is 11.9. The first kappa shape index (κ1) is 13.7. The predicted molar refractivity (Wildman–Crippen MR) is 91.6 cm³/mol. The van der Waals surface area contributed by atoms with E-state index in [1.54, 1.807) is 29.5 Å². The van der Waals surface area contributed by atoms with E-state index < -0.39 is 5.97 Å². The SMILES string of the molecule is O=C(O)c1ccc2c(/C=C/c3nc4ccccc4s3)n[nH]c2c1. The third-order valence-electron chi connectivity index (χ3n) is 3.53. The fraction of sp³-hybridized carbons (Fsp3) is 0. The molecule has 5 nitrogen and oxygen atoms in total. The van der Waals surface area contributed by atoms with E-state index in [0.29, 0.717) is 5.52 Å². The maximum atomic E-state index is 11.0. The summed E-state index contributed by atoms with van der Waals surface area (Å²) in [6.07, 6.45) is 3.81. The van der Waals surface area contributed by atoms with Crippen LogP contribution >= 0.6 is 11.3 Å². The lowest BCUT2D eigenvalue weighted by Gasteiger charge is -1.94. The average molecular weight is 321 g/mol. The number of hydrogen-bond acceptors (Lipinski definition) is 4. The quantitative estimate of drug-likeness (QED) is 0.597. The Morgan fingerprint density at radius 1 is 1.17 bits per heavy atom. The molecule has 23 heavy (non-hydrogen) atoms. The number of benzene rings is 2. The number of para-hydroxylation sites is 1. The Labute approximate surface area is 134 Å². The number of aromatic nitrogens is 3. The maximum Gasteiger partial charge on any atom is 0.335 e. The molecule has 0 saturated heterocycles. The highest BCUT2D eigenvalue weighted by Gasteiger charge is 2.08. The zero-order chi connectivity index (χ0) is 15.8. The third-order valence-corrected chi connectivity index (χ3v) is 4.54. The minimum atomic E-state index is -0.951. The van der Waals surface area contributed by atoms with Gasteiger partial charge in [0.05, 0.1) is 27.0 Å². The standard InChI is InChI=1S/C17H11N3O2S/c21-17(22)10-5-6-11-12(19-20-14(11)9-10)7-8-16-18-13-3-1-2-4-15(13)23-16/h1-9H,(H,19,20)(H,21,22)/b8-7+. The lowest BCUT2D eigenvalue weighted by molar-refractivity contribution is 0.0697. The van der Waals surface area contributed by atoms with Crippen LogP contribution in [-0.4, -0.2) is 26.3 Å². The lowest BCUT2D eigenvalue weighted by atomic mass is 10.1. The van der Waals surface area contributed by atoms with Crippen LogP contribution in [0.15, 0.2) is 42.5 Å². The van der Waals surface area contributed by atoms with Crippen molar-refractivity contribution in [3.63, 3.8) is 0 Å². The van der Waals surface area contributed by atoms with E-state index in [2.05, 4.69) is 15.2 Å². The van der Waals surface area contributed by atoms with Gasteiger partial charge < -0.3 is 5.11 Å². The highest BCUT2D eigenvalue weighted by atomic mass is 32.1. The summed E-state index contributed by atoms with van der Waals surface area (Å²) in [7, 11) is 0. The van der Waals surface area contributed by atoms with Gasteiger partial charge in [0, 0.05) is 5.39 Å². The topological polar surface area (TPSA) is 78.9 Å². The van der Waals surface area contributed by atoms with Crippen LogP contribution in [0.2, 0.25) is 0 Å². The predicted octanol–water partition coefficient (Wildman–Crippen LogP) is 4.04. The Morgan fingerprint density at radius 2 is 2.04 bits per heavy atom. The van der Waals surface area contributed by atoms with Gasteiger partial charge in [-0.3, -0.25) is 5.10 Å². The molecule has 0 unspecified atom stereocenters. The summed E-state index contributed by atoms with van der Waals surface area (Å²) in [5, 5.41) is 17.9. The molecule has 0 atom stereocenters. The molecule has 0 fully saturated rings. The smallest absolute Gasteiger partial charge is 0.335 e. The fourth-order valence-electron chi connectivity index (χ4n) is 2.41. The van der Waals surface area contributed by atoms with E-state index in [9.17, 15) is 4.79 Å². The molecule has 0 aliphatic rings. The number of aromatic amines is 1. The third kappa shape index (κ3) is 2.49. The first-order valence-corrected chi connectivity index (χ1v) is 7.77. The number of hydrogen-bond donors (Lipinski definition) is 2. The van der Waals surface area contributed by atoms with Crippen LogP contribution in [-0.2, 0) is 0 Å². The molecule has 0 spiro atoms. The van der Waals surface area contributed by atoms with E-state index in [0.717, 1.165) is 26.3 Å². The van der Waals surface area contributed by atoms with Crippen LogP contribution in [0.5, 0.6) is 0 Å². The van der Waals surface area contributed by atoms with E-state index in [4.69, 9.17) is 5.11 Å². The van der Waals surface area contributed by atoms with Gasteiger partial charge >= 0.3 is 5.97 Å². The molecule has 0 aliphatic heterocycles. The molecule has 2 aromatic carbocycles. The van der Waals surface area contributed by atoms with Gasteiger partial charge in [0.15, 0.2) is 0 Å². The van der Waals surface area contributed by atoms with Crippen molar-refractivity contribution < 1.29 is 9.90 Å². The highest BCUT2D eigenvalue weighted by molar-refractivity contribution is 7.19. The van der Waals surface area contributed by atoms with Crippen molar-refractivity contribution in [2.24, 2.45) is 0 Å².